The predicted molar refractivity (Wildman–Crippen MR) is 524 cm³/mol. The van der Waals surface area contributed by atoms with Gasteiger partial charge in [0.05, 0.1) is 114 Å². The minimum absolute atomic E-state index is 0.0123. The molecule has 42 heteroatoms. The maximum Gasteiger partial charge on any atom is 0.433 e. The van der Waals surface area contributed by atoms with E-state index in [2.05, 4.69) is 71.2 Å². The van der Waals surface area contributed by atoms with E-state index < -0.39 is 79.1 Å². The molecule has 0 saturated carbocycles. The van der Waals surface area contributed by atoms with Crippen molar-refractivity contribution in [1.82, 2.24) is 39.9 Å². The van der Waals surface area contributed by atoms with Crippen molar-refractivity contribution in [3.05, 3.63) is 381 Å². The number of nitrogens with one attached hydrogen (secondary N) is 6. The molecule has 6 N–H and O–H groups in total. The Bertz CT molecular complexity index is 7210. The Morgan fingerprint density at radius 3 is 0.942 bits per heavy atom. The standard InChI is InChI=1S/C20H15ClF3N3O.C20H17ClN2O3S.2C19H12Cl2F3N3O.C19H15Cl2N3O3S/c1-11-3-7-17(25-10-11)15-9-13(4-6-16(15)21)27-19(28)14-5-8-18(20(22,23)24)26-12(14)2;1-13-3-10-19(22-12-13)17-11-15(6-9-18(17)21)23-20(24)14-4-7-16(8-5-14)27(2,25)26;1-10-13(4-7-17(26-10)19(22,23)24)18(28)27-12-3-5-15(21)14(8-12)16-6-2-11(20)9-25-16;1-10-12(6-8-16(25-10)19(22,23)24)18(28)26-11-5-7-14(20)13(9-11)15-3-2-4-17(21)27-15;1-28(26,27)24-13-5-7-14(17(21)11-13)19(25)23-12-6-8-16(20)15(10-12)18-4-2-3-9-22-18/h3-10H,1-2H3,(H,27,28);3-12H,1-2H3,(H,23,24);2-9H,1H3,(H,27,28);2-9H,1H3,(H,26,28);2-11,24H,1H3,(H,23,25). The second-order valence-corrected chi connectivity index (χ2v) is 37.0. The van der Waals surface area contributed by atoms with Crippen molar-refractivity contribution in [2.75, 3.05) is 43.8 Å². The smallest absolute Gasteiger partial charge is 0.322 e. The van der Waals surface area contributed by atoms with Gasteiger partial charge < -0.3 is 26.6 Å². The second kappa shape index (κ2) is 45.8. The number of hydrogen-bond acceptors (Lipinski definition) is 17. The molecule has 0 aliphatic carbocycles. The average Bonchev–Trinajstić information content (AvgIpc) is 0.819. The van der Waals surface area contributed by atoms with Crippen LogP contribution in [0.1, 0.15) is 97.1 Å². The van der Waals surface area contributed by atoms with Gasteiger partial charge in [-0.2, -0.15) is 39.5 Å². The number of alkyl halides is 9. The van der Waals surface area contributed by atoms with Crippen LogP contribution in [0.5, 0.6) is 0 Å². The molecule has 0 aliphatic heterocycles. The quantitative estimate of drug-likeness (QED) is 0.0343. The summed E-state index contributed by atoms with van der Waals surface area (Å²) in [5.41, 5.74) is 8.31. The fraction of sp³-hybridized carbons (Fsp3) is 0.103. The first-order valence-corrected chi connectivity index (χ1v) is 47.0. The number of aromatic nitrogens is 8. The zero-order chi connectivity index (χ0) is 101. The molecule has 8 heterocycles. The molecule has 0 radical (unpaired) electrons. The fourth-order valence-electron chi connectivity index (χ4n) is 12.6. The maximum absolute atomic E-state index is 12.7. The lowest BCUT2D eigenvalue weighted by Crippen LogP contribution is -2.16. The summed E-state index contributed by atoms with van der Waals surface area (Å²) in [6.45, 7) is 7.90. The van der Waals surface area contributed by atoms with Crippen LogP contribution in [0.4, 0.5) is 73.6 Å². The van der Waals surface area contributed by atoms with Crippen molar-refractivity contribution in [3.8, 4) is 56.3 Å². The van der Waals surface area contributed by atoms with Gasteiger partial charge in [0.15, 0.2) is 9.84 Å². The summed E-state index contributed by atoms with van der Waals surface area (Å²) in [5, 5.41) is 16.7. The lowest BCUT2D eigenvalue weighted by molar-refractivity contribution is -0.142. The van der Waals surface area contributed by atoms with Crippen LogP contribution in [-0.4, -0.2) is 98.8 Å². The van der Waals surface area contributed by atoms with Crippen LogP contribution < -0.4 is 31.3 Å². The Morgan fingerprint density at radius 2 is 0.633 bits per heavy atom. The van der Waals surface area contributed by atoms with Gasteiger partial charge in [0.2, 0.25) is 10.0 Å². The highest BCUT2D eigenvalue weighted by Crippen LogP contribution is 2.39. The van der Waals surface area contributed by atoms with Crippen molar-refractivity contribution in [1.29, 1.82) is 0 Å². The summed E-state index contributed by atoms with van der Waals surface area (Å²) in [6, 6.07) is 61.6. The third-order valence-corrected chi connectivity index (χ3v) is 23.5. The molecule has 7 aromatic carbocycles. The second-order valence-electron chi connectivity index (χ2n) is 30.0. The van der Waals surface area contributed by atoms with Gasteiger partial charge in [-0.15, -0.1) is 0 Å². The van der Waals surface area contributed by atoms with Crippen molar-refractivity contribution >= 4 is 176 Å². The van der Waals surface area contributed by atoms with Crippen molar-refractivity contribution in [2.45, 2.75) is 58.0 Å². The van der Waals surface area contributed by atoms with Crippen LogP contribution in [0.25, 0.3) is 56.3 Å². The molecular formula is C97H71Cl8F9N14O9S2. The number of anilines is 6. The largest absolute Gasteiger partial charge is 0.433 e. The van der Waals surface area contributed by atoms with Crippen LogP contribution in [0.2, 0.25) is 40.3 Å². The van der Waals surface area contributed by atoms with Gasteiger partial charge in [0, 0.05) is 98.5 Å². The number of nitrogens with zero attached hydrogens (tertiary/aromatic N) is 8. The zero-order valence-electron chi connectivity index (χ0n) is 72.9. The van der Waals surface area contributed by atoms with E-state index in [0.29, 0.717) is 120 Å². The zero-order valence-corrected chi connectivity index (χ0v) is 80.6. The minimum atomic E-state index is -4.57. The molecule has 139 heavy (non-hydrogen) atoms. The maximum atomic E-state index is 12.7. The van der Waals surface area contributed by atoms with Gasteiger partial charge in [-0.25, -0.2) is 36.8 Å². The third-order valence-electron chi connectivity index (χ3n) is 19.4. The molecular weight excluding hydrogens is 2020 g/mol. The molecule has 8 aromatic heterocycles. The number of benzene rings is 7. The Kier molecular flexibility index (Phi) is 34.9. The normalized spacial score (nSPS) is 11.3. The van der Waals surface area contributed by atoms with Gasteiger partial charge in [-0.05, 0) is 264 Å². The first-order valence-electron chi connectivity index (χ1n) is 40.2. The summed E-state index contributed by atoms with van der Waals surface area (Å²) >= 11 is 49.1. The van der Waals surface area contributed by atoms with Crippen LogP contribution in [0, 0.1) is 34.6 Å². The number of pyridine rings is 8. The van der Waals surface area contributed by atoms with Crippen LogP contribution in [-0.2, 0) is 38.4 Å². The topological polar surface area (TPSA) is 329 Å². The summed E-state index contributed by atoms with van der Waals surface area (Å²) in [6.07, 6.45) is -4.98. The van der Waals surface area contributed by atoms with E-state index in [4.69, 9.17) is 92.8 Å². The lowest BCUT2D eigenvalue weighted by atomic mass is 10.1. The lowest BCUT2D eigenvalue weighted by Gasteiger charge is -2.12. The fourth-order valence-corrected chi connectivity index (χ4v) is 15.4. The van der Waals surface area contributed by atoms with E-state index in [-0.39, 0.29) is 66.0 Å². The van der Waals surface area contributed by atoms with E-state index in [9.17, 15) is 80.3 Å². The van der Waals surface area contributed by atoms with E-state index in [0.717, 1.165) is 60.0 Å². The average molecular weight is 2100 g/mol. The molecule has 0 bridgehead atoms. The number of halogens is 17. The van der Waals surface area contributed by atoms with E-state index >= 15 is 0 Å². The Labute approximate surface area is 829 Å². The molecule has 0 spiro atoms. The highest BCUT2D eigenvalue weighted by atomic mass is 35.5. The number of amides is 5. The SMILES string of the molecule is CS(=O)(=O)Nc1ccc(C(=O)Nc2ccc(Cl)c(-c3ccccn3)c2)c(Cl)c1.Cc1ccc(-c2cc(NC(=O)c3ccc(C(F)(F)F)nc3C)ccc2Cl)nc1.Cc1ccc(-c2cc(NC(=O)c3ccc(S(C)(=O)=O)cc3)ccc2Cl)nc1.Cc1nc(C(F)(F)F)ccc1C(=O)Nc1ccc(Cl)c(-c2ccc(Cl)cn2)c1.Cc1nc(C(F)(F)F)ccc1C(=O)Nc1ccc(Cl)c(-c2cccc(Cl)n2)c1. The first kappa shape index (κ1) is 106. The number of carbonyl (C=O) groups is 5. The van der Waals surface area contributed by atoms with Crippen molar-refractivity contribution in [2.24, 2.45) is 0 Å². The van der Waals surface area contributed by atoms with Crippen molar-refractivity contribution < 1.29 is 80.3 Å². The van der Waals surface area contributed by atoms with E-state index in [1.807, 2.05) is 50.2 Å². The van der Waals surface area contributed by atoms with Gasteiger partial charge in [0.1, 0.15) is 22.2 Å². The monoisotopic (exact) mass is 2090 g/mol. The van der Waals surface area contributed by atoms with Crippen LogP contribution in [0.15, 0.2) is 272 Å². The first-order chi connectivity index (χ1) is 65.4. The number of sulfonamides is 1. The number of hydrogen-bond donors (Lipinski definition) is 6. The Hall–Kier alpha value is -13.5. The van der Waals surface area contributed by atoms with Crippen LogP contribution in [0.3, 0.4) is 0 Å². The van der Waals surface area contributed by atoms with Crippen LogP contribution >= 0.6 is 92.8 Å². The molecule has 0 fully saturated rings. The number of sulfone groups is 1. The van der Waals surface area contributed by atoms with E-state index in [1.165, 1.54) is 69.4 Å². The minimum Gasteiger partial charge on any atom is -0.322 e. The summed E-state index contributed by atoms with van der Waals surface area (Å²) < 4.78 is 162. The molecule has 5 amide bonds. The number of aryl methyl sites for hydroxylation is 5. The van der Waals surface area contributed by atoms with Gasteiger partial charge in [-0.3, -0.25) is 48.6 Å². The van der Waals surface area contributed by atoms with E-state index in [1.54, 1.807) is 146 Å². The third kappa shape index (κ3) is 29.8. The van der Waals surface area contributed by atoms with Gasteiger partial charge in [0.25, 0.3) is 29.5 Å². The number of rotatable bonds is 18. The molecule has 0 unspecified atom stereocenters. The molecule has 0 atom stereocenters. The molecule has 0 saturated heterocycles. The highest BCUT2D eigenvalue weighted by Gasteiger charge is 2.36. The molecule has 23 nitrogen and oxygen atoms in total. The summed E-state index contributed by atoms with van der Waals surface area (Å²) in [5.74, 6) is -2.53. The van der Waals surface area contributed by atoms with Crippen molar-refractivity contribution in [3.63, 3.8) is 0 Å². The molecule has 714 valence electrons. The summed E-state index contributed by atoms with van der Waals surface area (Å²) in [4.78, 5) is 94.4. The summed E-state index contributed by atoms with van der Waals surface area (Å²) in [7, 11) is -6.74. The molecule has 15 aromatic rings. The predicted octanol–water partition coefficient (Wildman–Crippen LogP) is 26.8. The van der Waals surface area contributed by atoms with Gasteiger partial charge >= 0.3 is 18.5 Å². The Morgan fingerprint density at radius 1 is 0.302 bits per heavy atom. The highest BCUT2D eigenvalue weighted by molar-refractivity contribution is 7.92. The van der Waals surface area contributed by atoms with Gasteiger partial charge in [-0.1, -0.05) is 117 Å². The number of carbonyl (C=O) groups excluding carboxylic acids is 5. The Balaban J connectivity index is 0.000000166. The molecule has 0 aliphatic rings. The molecule has 15 rings (SSSR count).